The van der Waals surface area contributed by atoms with Crippen LogP contribution in [0.5, 0.6) is 0 Å². The Labute approximate surface area is 123 Å². The number of thiophene rings is 1. The Bertz CT molecular complexity index is 482. The quantitative estimate of drug-likeness (QED) is 0.875. The van der Waals surface area contributed by atoms with Crippen LogP contribution in [0.2, 0.25) is 0 Å². The number of carboxylic acid groups (broad SMARTS) is 1. The van der Waals surface area contributed by atoms with E-state index in [4.69, 9.17) is 9.84 Å². The first-order chi connectivity index (χ1) is 9.01. The molecule has 2 N–H and O–H groups in total. The summed E-state index contributed by atoms with van der Waals surface area (Å²) in [5.74, 6) is -1.13. The third-order valence-corrected chi connectivity index (χ3v) is 4.74. The van der Waals surface area contributed by atoms with Crippen molar-refractivity contribution in [1.82, 2.24) is 5.32 Å². The number of ether oxygens (including phenoxy) is 1. The zero-order valence-electron chi connectivity index (χ0n) is 10.1. The van der Waals surface area contributed by atoms with E-state index in [1.165, 1.54) is 11.3 Å². The second kappa shape index (κ2) is 6.02. The Balaban J connectivity index is 2.11. The monoisotopic (exact) mass is 347 g/mol. The van der Waals surface area contributed by atoms with Crippen molar-refractivity contribution in [3.8, 4) is 0 Å². The van der Waals surface area contributed by atoms with Crippen LogP contribution in [0.1, 0.15) is 28.9 Å². The van der Waals surface area contributed by atoms with Crippen LogP contribution in [0.4, 0.5) is 0 Å². The summed E-state index contributed by atoms with van der Waals surface area (Å²) in [5.41, 5.74) is -0.697. The van der Waals surface area contributed by atoms with Crippen LogP contribution in [-0.4, -0.2) is 35.7 Å². The molecule has 0 spiro atoms. The van der Waals surface area contributed by atoms with Crippen LogP contribution in [0.3, 0.4) is 0 Å². The minimum absolute atomic E-state index is 0.0748. The Morgan fingerprint density at radius 1 is 1.42 bits per heavy atom. The number of aliphatic carboxylic acids is 1. The Morgan fingerprint density at radius 2 is 2.11 bits per heavy atom. The van der Waals surface area contributed by atoms with Crippen molar-refractivity contribution in [3.05, 3.63) is 20.8 Å². The Morgan fingerprint density at radius 3 is 2.63 bits per heavy atom. The topological polar surface area (TPSA) is 75.6 Å². The van der Waals surface area contributed by atoms with Gasteiger partial charge in [0.25, 0.3) is 5.91 Å². The highest BCUT2D eigenvalue weighted by Crippen LogP contribution is 2.27. The van der Waals surface area contributed by atoms with Crippen LogP contribution < -0.4 is 5.32 Å². The van der Waals surface area contributed by atoms with Gasteiger partial charge in [0, 0.05) is 13.2 Å². The fourth-order valence-corrected chi connectivity index (χ4v) is 3.42. The summed E-state index contributed by atoms with van der Waals surface area (Å²) < 4.78 is 6.12. The van der Waals surface area contributed by atoms with E-state index in [1.54, 1.807) is 12.1 Å². The maximum Gasteiger partial charge on any atom is 0.305 e. The lowest BCUT2D eigenvalue weighted by Gasteiger charge is -2.36. The molecule has 1 aliphatic rings. The lowest BCUT2D eigenvalue weighted by molar-refractivity contribution is -0.139. The van der Waals surface area contributed by atoms with Crippen LogP contribution in [0.25, 0.3) is 0 Å². The van der Waals surface area contributed by atoms with Crippen molar-refractivity contribution in [1.29, 1.82) is 0 Å². The van der Waals surface area contributed by atoms with Crippen molar-refractivity contribution in [2.24, 2.45) is 0 Å². The maximum atomic E-state index is 12.2. The van der Waals surface area contributed by atoms with E-state index in [-0.39, 0.29) is 12.3 Å². The number of carbonyl (C=O) groups excluding carboxylic acids is 1. The molecule has 1 aromatic heterocycles. The van der Waals surface area contributed by atoms with Gasteiger partial charge in [-0.3, -0.25) is 9.59 Å². The molecule has 0 atom stereocenters. The van der Waals surface area contributed by atoms with E-state index >= 15 is 0 Å². The van der Waals surface area contributed by atoms with E-state index in [0.29, 0.717) is 30.9 Å². The summed E-state index contributed by atoms with van der Waals surface area (Å²) >= 11 is 4.63. The van der Waals surface area contributed by atoms with E-state index < -0.39 is 11.5 Å². The summed E-state index contributed by atoms with van der Waals surface area (Å²) in [7, 11) is 0. The largest absolute Gasteiger partial charge is 0.481 e. The molecule has 7 heteroatoms. The van der Waals surface area contributed by atoms with Gasteiger partial charge in [0.05, 0.1) is 20.6 Å². The SMILES string of the molecule is O=C(O)CC1(NC(=O)c2ccc(Br)s2)CCOCC1. The third kappa shape index (κ3) is 3.77. The number of hydrogen-bond donors (Lipinski definition) is 2. The smallest absolute Gasteiger partial charge is 0.305 e. The number of carbonyl (C=O) groups is 2. The zero-order valence-corrected chi connectivity index (χ0v) is 12.6. The van der Waals surface area contributed by atoms with Crippen molar-refractivity contribution in [3.63, 3.8) is 0 Å². The Kier molecular flexibility index (Phi) is 4.59. The molecular weight excluding hydrogens is 334 g/mol. The van der Waals surface area contributed by atoms with Gasteiger partial charge in [-0.25, -0.2) is 0 Å². The first kappa shape index (κ1) is 14.5. The minimum Gasteiger partial charge on any atom is -0.481 e. The average molecular weight is 348 g/mol. The van der Waals surface area contributed by atoms with Gasteiger partial charge >= 0.3 is 5.97 Å². The molecule has 19 heavy (non-hydrogen) atoms. The highest BCUT2D eigenvalue weighted by molar-refractivity contribution is 9.11. The second-order valence-corrected chi connectivity index (χ2v) is 6.98. The molecule has 2 rings (SSSR count). The normalized spacial score (nSPS) is 17.9. The van der Waals surface area contributed by atoms with E-state index in [2.05, 4.69) is 21.2 Å². The fourth-order valence-electron chi connectivity index (χ4n) is 2.14. The summed E-state index contributed by atoms with van der Waals surface area (Å²) in [6, 6.07) is 3.52. The molecule has 0 aliphatic carbocycles. The first-order valence-electron chi connectivity index (χ1n) is 5.88. The number of halogens is 1. The summed E-state index contributed by atoms with van der Waals surface area (Å²) in [5, 5.41) is 11.9. The van der Waals surface area contributed by atoms with E-state index in [0.717, 1.165) is 3.79 Å². The molecular formula is C12H14BrNO4S. The molecule has 1 aromatic rings. The zero-order chi connectivity index (χ0) is 13.9. The van der Waals surface area contributed by atoms with Crippen LogP contribution in [0, 0.1) is 0 Å². The van der Waals surface area contributed by atoms with Gasteiger partial charge in [0.1, 0.15) is 0 Å². The van der Waals surface area contributed by atoms with E-state index in [1.807, 2.05) is 0 Å². The summed E-state index contributed by atoms with van der Waals surface area (Å²) in [4.78, 5) is 23.7. The standard InChI is InChI=1S/C12H14BrNO4S/c13-9-2-1-8(19-9)11(17)14-12(7-10(15)16)3-5-18-6-4-12/h1-2H,3-7H2,(H,14,17)(H,15,16). The van der Waals surface area contributed by atoms with Gasteiger partial charge in [0.2, 0.25) is 0 Å². The molecule has 0 radical (unpaired) electrons. The predicted molar refractivity (Wildman–Crippen MR) is 74.5 cm³/mol. The molecule has 1 amide bonds. The van der Waals surface area contributed by atoms with Gasteiger partial charge in [-0.2, -0.15) is 0 Å². The van der Waals surface area contributed by atoms with Gasteiger partial charge in [-0.15, -0.1) is 11.3 Å². The lowest BCUT2D eigenvalue weighted by Crippen LogP contribution is -2.53. The minimum atomic E-state index is -0.908. The molecule has 2 heterocycles. The van der Waals surface area contributed by atoms with Crippen molar-refractivity contribution >= 4 is 39.1 Å². The predicted octanol–water partition coefficient (Wildman–Crippen LogP) is 2.26. The van der Waals surface area contributed by atoms with Crippen molar-refractivity contribution in [2.75, 3.05) is 13.2 Å². The average Bonchev–Trinajstić information content (AvgIpc) is 2.76. The molecule has 1 aliphatic heterocycles. The number of nitrogens with one attached hydrogen (secondary N) is 1. The summed E-state index contributed by atoms with van der Waals surface area (Å²) in [6.45, 7) is 0.948. The lowest BCUT2D eigenvalue weighted by atomic mass is 9.86. The number of carboxylic acids is 1. The number of rotatable bonds is 4. The molecule has 0 aromatic carbocycles. The number of hydrogen-bond acceptors (Lipinski definition) is 4. The number of amides is 1. The van der Waals surface area contributed by atoms with E-state index in [9.17, 15) is 9.59 Å². The molecule has 0 bridgehead atoms. The molecule has 1 fully saturated rings. The first-order valence-corrected chi connectivity index (χ1v) is 7.49. The summed E-state index contributed by atoms with van der Waals surface area (Å²) in [6.07, 6.45) is 0.976. The van der Waals surface area contributed by atoms with Crippen molar-refractivity contribution < 1.29 is 19.4 Å². The Hall–Kier alpha value is -0.920. The van der Waals surface area contributed by atoms with Gasteiger partial charge in [-0.05, 0) is 40.9 Å². The molecule has 0 saturated carbocycles. The molecule has 0 unspecified atom stereocenters. The van der Waals surface area contributed by atoms with Crippen LogP contribution >= 0.6 is 27.3 Å². The van der Waals surface area contributed by atoms with Gasteiger partial charge in [0.15, 0.2) is 0 Å². The third-order valence-electron chi connectivity index (χ3n) is 3.12. The molecule has 5 nitrogen and oxygen atoms in total. The van der Waals surface area contributed by atoms with Gasteiger partial charge < -0.3 is 15.2 Å². The van der Waals surface area contributed by atoms with Crippen molar-refractivity contribution in [2.45, 2.75) is 24.8 Å². The highest BCUT2D eigenvalue weighted by atomic mass is 79.9. The van der Waals surface area contributed by atoms with Crippen LogP contribution in [0.15, 0.2) is 15.9 Å². The molecule has 1 saturated heterocycles. The molecule has 104 valence electrons. The maximum absolute atomic E-state index is 12.2. The fraction of sp³-hybridized carbons (Fsp3) is 0.500. The highest BCUT2D eigenvalue weighted by Gasteiger charge is 2.36. The second-order valence-electron chi connectivity index (χ2n) is 4.52. The van der Waals surface area contributed by atoms with Gasteiger partial charge in [-0.1, -0.05) is 0 Å². The van der Waals surface area contributed by atoms with Crippen LogP contribution in [-0.2, 0) is 9.53 Å².